The molecule has 0 atom stereocenters. The van der Waals surface area contributed by atoms with E-state index in [9.17, 15) is 9.59 Å². The van der Waals surface area contributed by atoms with Gasteiger partial charge < -0.3 is 10.6 Å². The molecule has 0 spiro atoms. The molecule has 2 rings (SSSR count). The molecule has 0 heterocycles. The van der Waals surface area contributed by atoms with Crippen molar-refractivity contribution in [2.75, 3.05) is 12.4 Å². The minimum absolute atomic E-state index is 0.130. The number of nitrogens with one attached hydrogen (secondary N) is 3. The van der Waals surface area contributed by atoms with Crippen LogP contribution in [0.2, 0.25) is 0 Å². The zero-order valence-electron chi connectivity index (χ0n) is 12.2. The van der Waals surface area contributed by atoms with E-state index in [0.29, 0.717) is 16.8 Å². The van der Waals surface area contributed by atoms with Crippen LogP contribution in [-0.2, 0) is 0 Å². The van der Waals surface area contributed by atoms with Crippen molar-refractivity contribution >= 4 is 57.4 Å². The highest BCUT2D eigenvalue weighted by Crippen LogP contribution is 2.15. The number of benzene rings is 2. The Labute approximate surface area is 153 Å². The summed E-state index contributed by atoms with van der Waals surface area (Å²) in [6.07, 6.45) is 0. The number of thiocarbonyl (C=S) groups is 1. The van der Waals surface area contributed by atoms with Crippen molar-refractivity contribution < 1.29 is 9.59 Å². The topological polar surface area (TPSA) is 70.2 Å². The smallest absolute Gasteiger partial charge is 0.257 e. The van der Waals surface area contributed by atoms with E-state index in [1.807, 2.05) is 6.07 Å². The molecule has 0 aliphatic carbocycles. The van der Waals surface area contributed by atoms with Crippen molar-refractivity contribution in [1.29, 1.82) is 0 Å². The molecule has 0 bridgehead atoms. The summed E-state index contributed by atoms with van der Waals surface area (Å²) in [6.45, 7) is 0. The SMILES string of the molecule is CNC(=O)c1ccccc1NC(=S)NC(=O)c1cccc(I)c1. The standard InChI is InChI=1S/C16H14IN3O2S/c1-18-15(22)12-7-2-3-8-13(12)19-16(23)20-14(21)10-5-4-6-11(17)9-10/h2-9H,1H3,(H,18,22)(H2,19,20,21,23). The lowest BCUT2D eigenvalue weighted by molar-refractivity contribution is 0.0961. The van der Waals surface area contributed by atoms with Gasteiger partial charge in [0.05, 0.1) is 11.3 Å². The fourth-order valence-corrected chi connectivity index (χ4v) is 2.63. The highest BCUT2D eigenvalue weighted by atomic mass is 127. The first kappa shape index (κ1) is 17.4. The summed E-state index contributed by atoms with van der Waals surface area (Å²) in [6, 6.07) is 14.1. The number of carbonyl (C=O) groups is 2. The number of rotatable bonds is 3. The maximum Gasteiger partial charge on any atom is 0.257 e. The Morgan fingerprint density at radius 3 is 2.48 bits per heavy atom. The number of anilines is 1. The van der Waals surface area contributed by atoms with Crippen LogP contribution in [0.5, 0.6) is 0 Å². The van der Waals surface area contributed by atoms with Crippen molar-refractivity contribution in [3.8, 4) is 0 Å². The lowest BCUT2D eigenvalue weighted by atomic mass is 10.1. The molecular formula is C16H14IN3O2S. The molecule has 2 aromatic carbocycles. The van der Waals surface area contributed by atoms with Gasteiger partial charge in [0.15, 0.2) is 5.11 Å². The van der Waals surface area contributed by atoms with Crippen molar-refractivity contribution in [1.82, 2.24) is 10.6 Å². The fraction of sp³-hybridized carbons (Fsp3) is 0.0625. The number of carbonyl (C=O) groups excluding carboxylic acids is 2. The van der Waals surface area contributed by atoms with E-state index >= 15 is 0 Å². The van der Waals surface area contributed by atoms with Gasteiger partial charge in [0, 0.05) is 16.2 Å². The van der Waals surface area contributed by atoms with Gasteiger partial charge in [-0.15, -0.1) is 0 Å². The third-order valence-corrected chi connectivity index (χ3v) is 3.84. The molecule has 0 radical (unpaired) electrons. The van der Waals surface area contributed by atoms with Crippen LogP contribution < -0.4 is 16.0 Å². The van der Waals surface area contributed by atoms with Crippen LogP contribution in [0, 0.1) is 3.57 Å². The van der Waals surface area contributed by atoms with Gasteiger partial charge >= 0.3 is 0 Å². The van der Waals surface area contributed by atoms with Crippen LogP contribution in [-0.4, -0.2) is 24.0 Å². The summed E-state index contributed by atoms with van der Waals surface area (Å²) in [4.78, 5) is 24.0. The molecule has 5 nitrogen and oxygen atoms in total. The monoisotopic (exact) mass is 439 g/mol. The Balaban J connectivity index is 2.08. The Hall–Kier alpha value is -2.00. The van der Waals surface area contributed by atoms with Crippen LogP contribution in [0.4, 0.5) is 5.69 Å². The van der Waals surface area contributed by atoms with E-state index in [2.05, 4.69) is 38.5 Å². The minimum atomic E-state index is -0.307. The molecule has 2 amide bonds. The zero-order valence-corrected chi connectivity index (χ0v) is 15.2. The molecule has 118 valence electrons. The van der Waals surface area contributed by atoms with Gasteiger partial charge in [0.2, 0.25) is 0 Å². The molecule has 23 heavy (non-hydrogen) atoms. The molecule has 0 saturated heterocycles. The normalized spacial score (nSPS) is 9.83. The molecule has 7 heteroatoms. The lowest BCUT2D eigenvalue weighted by Gasteiger charge is -2.12. The summed E-state index contributed by atoms with van der Waals surface area (Å²) in [5.74, 6) is -0.543. The van der Waals surface area contributed by atoms with Crippen LogP contribution in [0.1, 0.15) is 20.7 Å². The van der Waals surface area contributed by atoms with E-state index in [1.54, 1.807) is 49.5 Å². The first-order valence-corrected chi connectivity index (χ1v) is 8.19. The highest BCUT2D eigenvalue weighted by Gasteiger charge is 2.12. The number of hydrogen-bond donors (Lipinski definition) is 3. The Bertz CT molecular complexity index is 764. The second-order valence-corrected chi connectivity index (χ2v) is 6.20. The second kappa shape index (κ2) is 8.02. The summed E-state index contributed by atoms with van der Waals surface area (Å²) < 4.78 is 0.957. The number of halogens is 1. The van der Waals surface area contributed by atoms with Crippen molar-refractivity contribution in [2.45, 2.75) is 0 Å². The van der Waals surface area contributed by atoms with Crippen LogP contribution in [0.25, 0.3) is 0 Å². The highest BCUT2D eigenvalue weighted by molar-refractivity contribution is 14.1. The van der Waals surface area contributed by atoms with Gasteiger partial charge in [-0.1, -0.05) is 18.2 Å². The van der Waals surface area contributed by atoms with Gasteiger partial charge in [-0.05, 0) is 65.1 Å². The third kappa shape index (κ3) is 4.73. The van der Waals surface area contributed by atoms with Gasteiger partial charge in [0.1, 0.15) is 0 Å². The maximum atomic E-state index is 12.2. The van der Waals surface area contributed by atoms with Gasteiger partial charge in [0.25, 0.3) is 11.8 Å². The number of hydrogen-bond acceptors (Lipinski definition) is 3. The average Bonchev–Trinajstić information content (AvgIpc) is 2.54. The molecule has 0 aliphatic rings. The quantitative estimate of drug-likeness (QED) is 0.508. The van der Waals surface area contributed by atoms with Crippen LogP contribution >= 0.6 is 34.8 Å². The van der Waals surface area contributed by atoms with Crippen LogP contribution in [0.3, 0.4) is 0 Å². The van der Waals surface area contributed by atoms with Gasteiger partial charge in [-0.3, -0.25) is 14.9 Å². The summed E-state index contributed by atoms with van der Waals surface area (Å²) >= 11 is 7.28. The van der Waals surface area contributed by atoms with Gasteiger partial charge in [-0.25, -0.2) is 0 Å². The van der Waals surface area contributed by atoms with E-state index in [1.165, 1.54) is 0 Å². The molecule has 0 aliphatic heterocycles. The molecule has 0 fully saturated rings. The molecule has 3 N–H and O–H groups in total. The fourth-order valence-electron chi connectivity index (χ4n) is 1.88. The summed E-state index contributed by atoms with van der Waals surface area (Å²) in [5.41, 5.74) is 1.49. The van der Waals surface area contributed by atoms with Crippen LogP contribution in [0.15, 0.2) is 48.5 Å². The third-order valence-electron chi connectivity index (χ3n) is 2.96. The Morgan fingerprint density at radius 1 is 1.04 bits per heavy atom. The van der Waals surface area contributed by atoms with Gasteiger partial charge in [-0.2, -0.15) is 0 Å². The van der Waals surface area contributed by atoms with Crippen molar-refractivity contribution in [3.63, 3.8) is 0 Å². The molecule has 0 unspecified atom stereocenters. The predicted molar refractivity (Wildman–Crippen MR) is 103 cm³/mol. The summed E-state index contributed by atoms with van der Waals surface area (Å²) in [7, 11) is 1.55. The van der Waals surface area contributed by atoms with Crippen molar-refractivity contribution in [2.24, 2.45) is 0 Å². The maximum absolute atomic E-state index is 12.2. The summed E-state index contributed by atoms with van der Waals surface area (Å²) in [5, 5.41) is 8.17. The Kier molecular flexibility index (Phi) is 6.05. The average molecular weight is 439 g/mol. The van der Waals surface area contributed by atoms with E-state index in [-0.39, 0.29) is 16.9 Å². The minimum Gasteiger partial charge on any atom is -0.355 e. The number of para-hydroxylation sites is 1. The van der Waals surface area contributed by atoms with E-state index in [4.69, 9.17) is 12.2 Å². The predicted octanol–water partition coefficient (Wildman–Crippen LogP) is 2.78. The number of amides is 2. The largest absolute Gasteiger partial charge is 0.355 e. The first-order valence-electron chi connectivity index (χ1n) is 6.70. The molecule has 0 aromatic heterocycles. The first-order chi connectivity index (χ1) is 11.0. The second-order valence-electron chi connectivity index (χ2n) is 4.54. The van der Waals surface area contributed by atoms with E-state index in [0.717, 1.165) is 3.57 Å². The van der Waals surface area contributed by atoms with Crippen molar-refractivity contribution in [3.05, 3.63) is 63.2 Å². The zero-order chi connectivity index (χ0) is 16.8. The van der Waals surface area contributed by atoms with E-state index < -0.39 is 0 Å². The molecule has 2 aromatic rings. The Morgan fingerprint density at radius 2 is 1.78 bits per heavy atom. The molecule has 0 saturated carbocycles. The lowest BCUT2D eigenvalue weighted by Crippen LogP contribution is -2.34. The molecular weight excluding hydrogens is 425 g/mol.